The number of nitrogens with zero attached hydrogens (tertiary/aromatic N) is 1. The number of aromatic nitrogens is 1. The van der Waals surface area contributed by atoms with Crippen LogP contribution >= 0.6 is 0 Å². The molecule has 0 aliphatic carbocycles. The Kier molecular flexibility index (Phi) is 3.43. The first-order valence-corrected chi connectivity index (χ1v) is 6.60. The summed E-state index contributed by atoms with van der Waals surface area (Å²) >= 11 is 0. The van der Waals surface area contributed by atoms with E-state index in [4.69, 9.17) is 10.9 Å². The lowest BCUT2D eigenvalue weighted by atomic mass is 10.1. The number of aromatic amines is 1. The molecule has 0 aliphatic heterocycles. The zero-order valence-corrected chi connectivity index (χ0v) is 11.3. The molecule has 0 fully saturated rings. The van der Waals surface area contributed by atoms with Crippen LogP contribution < -0.4 is 5.73 Å². The number of nitrogens with two attached hydrogens (primary N) is 1. The van der Waals surface area contributed by atoms with Crippen molar-refractivity contribution in [1.82, 2.24) is 4.98 Å². The van der Waals surface area contributed by atoms with Crippen LogP contribution in [0.15, 0.2) is 59.9 Å². The molecular weight excluding hydrogens is 262 g/mol. The number of oxime groups is 1. The maximum absolute atomic E-state index is 8.64. The molecule has 1 aromatic heterocycles. The van der Waals surface area contributed by atoms with Gasteiger partial charge in [-0.1, -0.05) is 53.7 Å². The molecule has 2 aromatic carbocycles. The summed E-state index contributed by atoms with van der Waals surface area (Å²) in [4.78, 5) is 3.20. The molecule has 0 radical (unpaired) electrons. The van der Waals surface area contributed by atoms with E-state index in [1.54, 1.807) is 0 Å². The van der Waals surface area contributed by atoms with E-state index in [1.807, 2.05) is 42.6 Å². The minimum atomic E-state index is 0.114. The highest BCUT2D eigenvalue weighted by molar-refractivity contribution is 5.97. The van der Waals surface area contributed by atoms with Crippen LogP contribution in [0.1, 0.15) is 16.7 Å². The van der Waals surface area contributed by atoms with Crippen molar-refractivity contribution in [3.63, 3.8) is 0 Å². The van der Waals surface area contributed by atoms with Crippen LogP contribution in [0.2, 0.25) is 0 Å². The van der Waals surface area contributed by atoms with E-state index in [0.29, 0.717) is 5.56 Å². The fraction of sp³-hybridized carbons (Fsp3) is 0. The van der Waals surface area contributed by atoms with Gasteiger partial charge in [-0.3, -0.25) is 0 Å². The highest BCUT2D eigenvalue weighted by atomic mass is 16.4. The predicted octanol–water partition coefficient (Wildman–Crippen LogP) is 3.43. The van der Waals surface area contributed by atoms with Gasteiger partial charge in [0, 0.05) is 22.7 Å². The Balaban J connectivity index is 1.87. The highest BCUT2D eigenvalue weighted by Gasteiger charge is 1.99. The standard InChI is InChI=1S/C17H15N3O/c18-17(20-21)14-8-5-12(6-9-14)4-7-13-2-1-3-16-15(13)10-11-19-16/h1-11,19,21H,(H2,18,20)/b7-4+. The molecule has 4 heteroatoms. The summed E-state index contributed by atoms with van der Waals surface area (Å²) in [5.74, 6) is 0.114. The summed E-state index contributed by atoms with van der Waals surface area (Å²) in [7, 11) is 0. The Hall–Kier alpha value is -3.01. The minimum Gasteiger partial charge on any atom is -0.409 e. The maximum atomic E-state index is 8.64. The van der Waals surface area contributed by atoms with Gasteiger partial charge in [0.2, 0.25) is 0 Å². The number of hydrogen-bond donors (Lipinski definition) is 3. The van der Waals surface area contributed by atoms with Gasteiger partial charge in [-0.15, -0.1) is 0 Å². The van der Waals surface area contributed by atoms with Crippen molar-refractivity contribution in [2.45, 2.75) is 0 Å². The van der Waals surface area contributed by atoms with Crippen molar-refractivity contribution >= 4 is 28.9 Å². The molecule has 4 N–H and O–H groups in total. The molecule has 21 heavy (non-hydrogen) atoms. The quantitative estimate of drug-likeness (QED) is 0.225. The number of fused-ring (bicyclic) bond motifs is 1. The molecule has 3 rings (SSSR count). The van der Waals surface area contributed by atoms with Crippen molar-refractivity contribution in [3.05, 3.63) is 71.4 Å². The smallest absolute Gasteiger partial charge is 0.170 e. The van der Waals surface area contributed by atoms with Gasteiger partial charge in [0.1, 0.15) is 0 Å². The van der Waals surface area contributed by atoms with Crippen LogP contribution in [0.4, 0.5) is 0 Å². The van der Waals surface area contributed by atoms with Gasteiger partial charge in [-0.25, -0.2) is 0 Å². The maximum Gasteiger partial charge on any atom is 0.170 e. The Labute approximate surface area is 122 Å². The van der Waals surface area contributed by atoms with Gasteiger partial charge < -0.3 is 15.9 Å². The van der Waals surface area contributed by atoms with Gasteiger partial charge in [0.25, 0.3) is 0 Å². The lowest BCUT2D eigenvalue weighted by Gasteiger charge is -2.00. The van der Waals surface area contributed by atoms with Crippen molar-refractivity contribution in [2.75, 3.05) is 0 Å². The van der Waals surface area contributed by atoms with E-state index in [0.717, 1.165) is 16.6 Å². The van der Waals surface area contributed by atoms with Gasteiger partial charge in [0.15, 0.2) is 5.84 Å². The van der Waals surface area contributed by atoms with Crippen LogP contribution in [0.3, 0.4) is 0 Å². The van der Waals surface area contributed by atoms with Crippen LogP contribution in [0, 0.1) is 0 Å². The number of hydrogen-bond acceptors (Lipinski definition) is 2. The van der Waals surface area contributed by atoms with E-state index in [9.17, 15) is 0 Å². The number of nitrogens with one attached hydrogen (secondary N) is 1. The molecule has 0 saturated heterocycles. The molecule has 0 aliphatic rings. The van der Waals surface area contributed by atoms with Crippen LogP contribution in [-0.2, 0) is 0 Å². The fourth-order valence-corrected chi connectivity index (χ4v) is 2.26. The molecule has 0 atom stereocenters. The average Bonchev–Trinajstić information content (AvgIpc) is 3.02. The minimum absolute atomic E-state index is 0.114. The first-order chi connectivity index (χ1) is 10.3. The molecule has 104 valence electrons. The van der Waals surface area contributed by atoms with Crippen molar-refractivity contribution < 1.29 is 5.21 Å². The van der Waals surface area contributed by atoms with Crippen molar-refractivity contribution in [3.8, 4) is 0 Å². The molecule has 0 spiro atoms. The fourth-order valence-electron chi connectivity index (χ4n) is 2.26. The summed E-state index contributed by atoms with van der Waals surface area (Å²) in [6.45, 7) is 0. The summed E-state index contributed by atoms with van der Waals surface area (Å²) in [5.41, 5.74) is 9.57. The molecule has 4 nitrogen and oxygen atoms in total. The third kappa shape index (κ3) is 2.65. The number of benzene rings is 2. The number of rotatable bonds is 3. The normalized spacial score (nSPS) is 12.3. The van der Waals surface area contributed by atoms with E-state index >= 15 is 0 Å². The topological polar surface area (TPSA) is 74.4 Å². The first kappa shape index (κ1) is 13.0. The van der Waals surface area contributed by atoms with Gasteiger partial charge in [0.05, 0.1) is 0 Å². The summed E-state index contributed by atoms with van der Waals surface area (Å²) < 4.78 is 0. The Bertz CT molecular complexity index is 813. The third-order valence-electron chi connectivity index (χ3n) is 3.40. The number of H-pyrrole nitrogens is 1. The van der Waals surface area contributed by atoms with Gasteiger partial charge in [-0.05, 0) is 23.3 Å². The second kappa shape index (κ2) is 5.54. The molecule has 3 aromatic rings. The summed E-state index contributed by atoms with van der Waals surface area (Å²) in [6, 6.07) is 15.7. The molecule has 1 heterocycles. The van der Waals surface area contributed by atoms with Crippen LogP contribution in [0.25, 0.3) is 23.1 Å². The Morgan fingerprint density at radius 3 is 2.62 bits per heavy atom. The molecule has 0 saturated carbocycles. The van der Waals surface area contributed by atoms with E-state index in [-0.39, 0.29) is 5.84 Å². The SMILES string of the molecule is N/C(=N\O)c1ccc(/C=C/c2cccc3[nH]ccc23)cc1. The van der Waals surface area contributed by atoms with Gasteiger partial charge in [-0.2, -0.15) is 0 Å². The lowest BCUT2D eigenvalue weighted by molar-refractivity contribution is 0.318. The zero-order chi connectivity index (χ0) is 14.7. The largest absolute Gasteiger partial charge is 0.409 e. The second-order valence-electron chi connectivity index (χ2n) is 4.73. The first-order valence-electron chi connectivity index (χ1n) is 6.60. The summed E-state index contributed by atoms with van der Waals surface area (Å²) in [6.07, 6.45) is 6.06. The monoisotopic (exact) mass is 277 g/mol. The lowest BCUT2D eigenvalue weighted by Crippen LogP contribution is -2.12. The van der Waals surface area contributed by atoms with Crippen molar-refractivity contribution in [1.29, 1.82) is 0 Å². The molecular formula is C17H15N3O. The van der Waals surface area contributed by atoms with E-state index in [1.165, 1.54) is 5.39 Å². The predicted molar refractivity (Wildman–Crippen MR) is 86.2 cm³/mol. The molecule has 0 unspecified atom stereocenters. The van der Waals surface area contributed by atoms with E-state index in [2.05, 4.69) is 34.4 Å². The van der Waals surface area contributed by atoms with Gasteiger partial charge >= 0.3 is 0 Å². The van der Waals surface area contributed by atoms with Crippen LogP contribution in [0.5, 0.6) is 0 Å². The Morgan fingerprint density at radius 1 is 1.05 bits per heavy atom. The average molecular weight is 277 g/mol. The zero-order valence-electron chi connectivity index (χ0n) is 11.3. The number of amidine groups is 1. The third-order valence-corrected chi connectivity index (χ3v) is 3.40. The molecule has 0 amide bonds. The van der Waals surface area contributed by atoms with E-state index < -0.39 is 0 Å². The summed E-state index contributed by atoms with van der Waals surface area (Å²) in [5, 5.41) is 12.8. The van der Waals surface area contributed by atoms with Crippen LogP contribution in [-0.4, -0.2) is 16.0 Å². The Morgan fingerprint density at radius 2 is 1.86 bits per heavy atom. The second-order valence-corrected chi connectivity index (χ2v) is 4.73. The molecule has 0 bridgehead atoms. The highest BCUT2D eigenvalue weighted by Crippen LogP contribution is 2.19. The van der Waals surface area contributed by atoms with Crippen molar-refractivity contribution in [2.24, 2.45) is 10.9 Å².